The van der Waals surface area contributed by atoms with Crippen LogP contribution in [0.4, 0.5) is 9.59 Å². The smallest absolute Gasteiger partial charge is 0.417 e. The molecule has 1 aromatic rings. The Kier molecular flexibility index (Phi) is 3.89. The van der Waals surface area contributed by atoms with Crippen LogP contribution in [0.25, 0.3) is 0 Å². The van der Waals surface area contributed by atoms with E-state index in [0.29, 0.717) is 25.9 Å². The first-order chi connectivity index (χ1) is 12.4. The summed E-state index contributed by atoms with van der Waals surface area (Å²) in [5, 5.41) is 9.07. The normalized spacial score (nSPS) is 29.6. The molecule has 0 bridgehead atoms. The molecule has 0 radical (unpaired) electrons. The van der Waals surface area contributed by atoms with E-state index in [-0.39, 0.29) is 23.3 Å². The number of cyclic esters (lactones) is 1. The van der Waals surface area contributed by atoms with Crippen LogP contribution in [0.1, 0.15) is 37.9 Å². The fraction of sp³-hybridized carbons (Fsp3) is 0.526. The molecule has 2 aliphatic heterocycles. The molecule has 1 spiro atoms. The highest BCUT2D eigenvalue weighted by atomic mass is 16.6. The lowest BCUT2D eigenvalue weighted by molar-refractivity contribution is -0.131. The van der Waals surface area contributed by atoms with Crippen LogP contribution in [0.3, 0.4) is 0 Å². The number of hydrogen-bond acceptors (Lipinski definition) is 4. The minimum absolute atomic E-state index is 0.145. The summed E-state index contributed by atoms with van der Waals surface area (Å²) >= 11 is 0. The number of hydrogen-bond donors (Lipinski definition) is 1. The maximum Gasteiger partial charge on any atom is 0.417 e. The van der Waals surface area contributed by atoms with Crippen LogP contribution in [-0.2, 0) is 9.53 Å². The fourth-order valence-corrected chi connectivity index (χ4v) is 4.41. The third kappa shape index (κ3) is 2.62. The summed E-state index contributed by atoms with van der Waals surface area (Å²) in [5.74, 6) is -0.382. The van der Waals surface area contributed by atoms with E-state index < -0.39 is 18.3 Å². The van der Waals surface area contributed by atoms with Gasteiger partial charge in [0.05, 0.1) is 6.04 Å². The first-order valence-corrected chi connectivity index (χ1v) is 8.99. The van der Waals surface area contributed by atoms with Gasteiger partial charge in [-0.2, -0.15) is 0 Å². The Morgan fingerprint density at radius 2 is 1.85 bits per heavy atom. The zero-order chi connectivity index (χ0) is 18.5. The molecule has 3 aliphatic rings. The van der Waals surface area contributed by atoms with Gasteiger partial charge in [-0.3, -0.25) is 4.79 Å². The maximum absolute atomic E-state index is 13.0. The molecule has 1 aromatic carbocycles. The molecular formula is C19H22N2O5. The van der Waals surface area contributed by atoms with Crippen molar-refractivity contribution in [3.05, 3.63) is 35.9 Å². The first kappa shape index (κ1) is 16.9. The van der Waals surface area contributed by atoms with Gasteiger partial charge in [0, 0.05) is 19.0 Å². The molecular weight excluding hydrogens is 336 g/mol. The topological polar surface area (TPSA) is 87.2 Å². The molecule has 3 amide bonds. The number of carbonyl (C=O) groups excluding carboxylic acids is 2. The highest BCUT2D eigenvalue weighted by molar-refractivity contribution is 5.97. The van der Waals surface area contributed by atoms with Gasteiger partial charge in [-0.25, -0.2) is 14.5 Å². The van der Waals surface area contributed by atoms with E-state index in [1.165, 1.54) is 9.80 Å². The second-order valence-electron chi connectivity index (χ2n) is 7.55. The van der Waals surface area contributed by atoms with Gasteiger partial charge in [0.25, 0.3) is 0 Å². The van der Waals surface area contributed by atoms with Gasteiger partial charge in [-0.15, -0.1) is 0 Å². The van der Waals surface area contributed by atoms with E-state index in [0.717, 1.165) is 12.0 Å². The molecule has 1 saturated carbocycles. The van der Waals surface area contributed by atoms with Crippen molar-refractivity contribution in [3.8, 4) is 0 Å². The number of likely N-dealkylation sites (tertiary alicyclic amines) is 1. The molecule has 4 rings (SSSR count). The third-order valence-corrected chi connectivity index (χ3v) is 6.15. The highest BCUT2D eigenvalue weighted by Gasteiger charge is 2.62. The number of imide groups is 1. The minimum Gasteiger partial charge on any atom is -0.465 e. The number of benzene rings is 1. The molecule has 7 heteroatoms. The molecule has 1 N–H and O–H groups in total. The zero-order valence-electron chi connectivity index (χ0n) is 14.6. The third-order valence-electron chi connectivity index (χ3n) is 6.15. The maximum atomic E-state index is 13.0. The standard InChI is InChI=1S/C19H22N2O5/c1-12-15(13-5-3-2-4-6-13)26-18(25)21(12)16(22)14-11-19(14)7-9-20(10-8-19)17(23)24/h2-6,12,14-15H,7-11H2,1H3,(H,23,24)/t12-,14-,15-/m1/s1. The molecule has 1 aliphatic carbocycles. The average Bonchev–Trinajstić information content (AvgIpc) is 3.24. The zero-order valence-corrected chi connectivity index (χ0v) is 14.6. The van der Waals surface area contributed by atoms with Crippen LogP contribution in [0.5, 0.6) is 0 Å². The van der Waals surface area contributed by atoms with E-state index in [4.69, 9.17) is 9.84 Å². The number of rotatable bonds is 2. The summed E-state index contributed by atoms with van der Waals surface area (Å²) < 4.78 is 5.48. The Balaban J connectivity index is 1.45. The van der Waals surface area contributed by atoms with Crippen LogP contribution in [0, 0.1) is 11.3 Å². The Morgan fingerprint density at radius 1 is 1.19 bits per heavy atom. The van der Waals surface area contributed by atoms with Crippen molar-refractivity contribution in [1.82, 2.24) is 9.80 Å². The fourth-order valence-electron chi connectivity index (χ4n) is 4.41. The Morgan fingerprint density at radius 3 is 2.46 bits per heavy atom. The van der Waals surface area contributed by atoms with Gasteiger partial charge >= 0.3 is 12.2 Å². The number of carbonyl (C=O) groups is 3. The Hall–Kier alpha value is -2.57. The molecule has 0 aromatic heterocycles. The molecule has 26 heavy (non-hydrogen) atoms. The van der Waals surface area contributed by atoms with Crippen LogP contribution >= 0.6 is 0 Å². The molecule has 2 heterocycles. The van der Waals surface area contributed by atoms with Crippen molar-refractivity contribution in [2.24, 2.45) is 11.3 Å². The second kappa shape index (κ2) is 6.00. The van der Waals surface area contributed by atoms with Gasteiger partial charge in [0.1, 0.15) is 6.10 Å². The van der Waals surface area contributed by atoms with Gasteiger partial charge in [-0.05, 0) is 37.2 Å². The van der Waals surface area contributed by atoms with E-state index in [1.807, 2.05) is 37.3 Å². The quantitative estimate of drug-likeness (QED) is 0.878. The predicted molar refractivity (Wildman–Crippen MR) is 91.3 cm³/mol. The van der Waals surface area contributed by atoms with Crippen LogP contribution in [0.2, 0.25) is 0 Å². The summed E-state index contributed by atoms with van der Waals surface area (Å²) in [5.41, 5.74) is 0.734. The summed E-state index contributed by atoms with van der Waals surface area (Å²) in [7, 11) is 0. The Bertz CT molecular complexity index is 742. The molecule has 138 valence electrons. The van der Waals surface area contributed by atoms with Gasteiger partial charge < -0.3 is 14.7 Å². The van der Waals surface area contributed by atoms with Gasteiger partial charge in [0.2, 0.25) is 5.91 Å². The number of amides is 3. The number of piperidine rings is 1. The number of ether oxygens (including phenoxy) is 1. The summed E-state index contributed by atoms with van der Waals surface area (Å²) in [6.07, 6.45) is 0.138. The van der Waals surface area contributed by atoms with Crippen molar-refractivity contribution in [1.29, 1.82) is 0 Å². The molecule has 2 saturated heterocycles. The highest BCUT2D eigenvalue weighted by Crippen LogP contribution is 2.60. The van der Waals surface area contributed by atoms with E-state index in [1.54, 1.807) is 0 Å². The molecule has 7 nitrogen and oxygen atoms in total. The summed E-state index contributed by atoms with van der Waals surface area (Å²) in [6.45, 7) is 2.74. The monoisotopic (exact) mass is 358 g/mol. The lowest BCUT2D eigenvalue weighted by atomic mass is 9.90. The lowest BCUT2D eigenvalue weighted by Crippen LogP contribution is -2.42. The Labute approximate surface area is 151 Å². The van der Waals surface area contributed by atoms with E-state index in [9.17, 15) is 14.4 Å². The van der Waals surface area contributed by atoms with Crippen molar-refractivity contribution < 1.29 is 24.2 Å². The average molecular weight is 358 g/mol. The van der Waals surface area contributed by atoms with E-state index >= 15 is 0 Å². The van der Waals surface area contributed by atoms with E-state index in [2.05, 4.69) is 0 Å². The molecule has 3 fully saturated rings. The van der Waals surface area contributed by atoms with Crippen molar-refractivity contribution >= 4 is 18.1 Å². The van der Waals surface area contributed by atoms with Crippen LogP contribution in [0.15, 0.2) is 30.3 Å². The van der Waals surface area contributed by atoms with Crippen LogP contribution in [-0.4, -0.2) is 52.1 Å². The molecule has 0 unspecified atom stereocenters. The van der Waals surface area contributed by atoms with Crippen molar-refractivity contribution in [2.75, 3.05) is 13.1 Å². The lowest BCUT2D eigenvalue weighted by Gasteiger charge is -2.31. The predicted octanol–water partition coefficient (Wildman–Crippen LogP) is 2.88. The summed E-state index contributed by atoms with van der Waals surface area (Å²) in [4.78, 5) is 39.1. The largest absolute Gasteiger partial charge is 0.465 e. The summed E-state index contributed by atoms with van der Waals surface area (Å²) in [6, 6.07) is 9.09. The van der Waals surface area contributed by atoms with Gasteiger partial charge in [-0.1, -0.05) is 30.3 Å². The van der Waals surface area contributed by atoms with Crippen molar-refractivity contribution in [3.63, 3.8) is 0 Å². The number of carboxylic acid groups (broad SMARTS) is 1. The van der Waals surface area contributed by atoms with Crippen LogP contribution < -0.4 is 0 Å². The first-order valence-electron chi connectivity index (χ1n) is 8.99. The SMILES string of the molecule is C[C@@H]1[C@H](c2ccccc2)OC(=O)N1C(=O)[C@H]1CC12CCN(C(=O)O)CC2. The number of nitrogens with zero attached hydrogens (tertiary/aromatic N) is 2. The minimum atomic E-state index is -0.911. The van der Waals surface area contributed by atoms with Gasteiger partial charge in [0.15, 0.2) is 0 Å². The van der Waals surface area contributed by atoms with Crippen molar-refractivity contribution in [2.45, 2.75) is 38.3 Å². The molecule has 3 atom stereocenters. The second-order valence-corrected chi connectivity index (χ2v) is 7.55.